The SMILES string of the molecule is Nc1nc2nc[nH]c2c(OCC2=CCCCC2)[nH+]1. The summed E-state index contributed by atoms with van der Waals surface area (Å²) in [5.74, 6) is 0.906. The van der Waals surface area contributed by atoms with E-state index in [-0.39, 0.29) is 0 Å². The molecule has 1 aliphatic rings. The monoisotopic (exact) mass is 246 g/mol. The van der Waals surface area contributed by atoms with Crippen LogP contribution in [-0.4, -0.2) is 21.6 Å². The van der Waals surface area contributed by atoms with Crippen LogP contribution in [0, 0.1) is 0 Å². The van der Waals surface area contributed by atoms with Crippen molar-refractivity contribution in [3.05, 3.63) is 18.0 Å². The molecule has 3 rings (SSSR count). The minimum atomic E-state index is 0.308. The van der Waals surface area contributed by atoms with Gasteiger partial charge in [0.25, 0.3) is 11.5 Å². The summed E-state index contributed by atoms with van der Waals surface area (Å²) in [6.45, 7) is 0.591. The summed E-state index contributed by atoms with van der Waals surface area (Å²) in [5, 5.41) is 0. The van der Waals surface area contributed by atoms with Gasteiger partial charge in [0.05, 0.1) is 6.33 Å². The lowest BCUT2D eigenvalue weighted by atomic mass is 10.0. The highest BCUT2D eigenvalue weighted by Crippen LogP contribution is 2.20. The zero-order valence-electron chi connectivity index (χ0n) is 10.1. The van der Waals surface area contributed by atoms with Crippen LogP contribution in [0.3, 0.4) is 0 Å². The van der Waals surface area contributed by atoms with Crippen molar-refractivity contribution < 1.29 is 9.72 Å². The average Bonchev–Trinajstić information content (AvgIpc) is 2.85. The van der Waals surface area contributed by atoms with E-state index in [2.05, 4.69) is 26.0 Å². The van der Waals surface area contributed by atoms with Gasteiger partial charge < -0.3 is 9.72 Å². The molecule has 4 N–H and O–H groups in total. The van der Waals surface area contributed by atoms with Crippen LogP contribution in [0.5, 0.6) is 5.88 Å². The van der Waals surface area contributed by atoms with E-state index < -0.39 is 0 Å². The van der Waals surface area contributed by atoms with Gasteiger partial charge in [-0.15, -0.1) is 0 Å². The Hall–Kier alpha value is -2.11. The van der Waals surface area contributed by atoms with Gasteiger partial charge in [-0.1, -0.05) is 6.08 Å². The number of H-pyrrole nitrogens is 2. The first-order valence-corrected chi connectivity index (χ1v) is 6.15. The Morgan fingerprint density at radius 1 is 1.44 bits per heavy atom. The third kappa shape index (κ3) is 2.13. The molecule has 0 aromatic carbocycles. The fourth-order valence-electron chi connectivity index (χ4n) is 2.17. The predicted octanol–water partition coefficient (Wildman–Crippen LogP) is 1.23. The maximum atomic E-state index is 5.78. The van der Waals surface area contributed by atoms with E-state index in [0.717, 1.165) is 18.4 Å². The summed E-state index contributed by atoms with van der Waals surface area (Å²) in [6.07, 6.45) is 8.64. The van der Waals surface area contributed by atoms with E-state index in [4.69, 9.17) is 10.5 Å². The van der Waals surface area contributed by atoms with Gasteiger partial charge in [0.1, 0.15) is 6.61 Å². The maximum absolute atomic E-state index is 5.78. The molecule has 0 atom stereocenters. The predicted molar refractivity (Wildman–Crippen MR) is 66.9 cm³/mol. The van der Waals surface area contributed by atoms with Crippen molar-refractivity contribution in [1.29, 1.82) is 0 Å². The molecule has 0 radical (unpaired) electrons. The Kier molecular flexibility index (Phi) is 2.84. The maximum Gasteiger partial charge on any atom is 0.392 e. The van der Waals surface area contributed by atoms with E-state index in [1.165, 1.54) is 18.4 Å². The standard InChI is InChI=1S/C12H15N5O/c13-12-16-10-9(14-7-15-10)11(17-12)18-6-8-4-2-1-3-5-8/h4,7H,1-3,5-6H2,(H3,13,14,15,16,17)/p+1. The third-order valence-electron chi connectivity index (χ3n) is 3.10. The van der Waals surface area contributed by atoms with Crippen molar-refractivity contribution in [2.24, 2.45) is 0 Å². The molecule has 2 heterocycles. The van der Waals surface area contributed by atoms with Gasteiger partial charge >= 0.3 is 5.95 Å². The summed E-state index contributed by atoms with van der Waals surface area (Å²) in [5.41, 5.74) is 8.34. The number of nitrogens with one attached hydrogen (secondary N) is 2. The molecule has 0 saturated heterocycles. The molecule has 2 aromatic rings. The van der Waals surface area contributed by atoms with Crippen LogP contribution in [0.2, 0.25) is 0 Å². The van der Waals surface area contributed by atoms with E-state index in [0.29, 0.717) is 24.1 Å². The fourth-order valence-corrected chi connectivity index (χ4v) is 2.17. The van der Waals surface area contributed by atoms with Gasteiger partial charge in [0, 0.05) is 0 Å². The van der Waals surface area contributed by atoms with Crippen molar-refractivity contribution in [2.45, 2.75) is 25.7 Å². The summed E-state index contributed by atoms with van der Waals surface area (Å²) >= 11 is 0. The molecular weight excluding hydrogens is 230 g/mol. The number of fused-ring (bicyclic) bond motifs is 1. The number of imidazole rings is 1. The first-order valence-electron chi connectivity index (χ1n) is 6.15. The van der Waals surface area contributed by atoms with Crippen LogP contribution in [0.15, 0.2) is 18.0 Å². The summed E-state index contributed by atoms with van der Waals surface area (Å²) in [7, 11) is 0. The topological polar surface area (TPSA) is 91.0 Å². The van der Waals surface area contributed by atoms with Crippen molar-refractivity contribution in [3.8, 4) is 5.88 Å². The number of nitrogen functional groups attached to an aromatic ring is 1. The first-order chi connectivity index (χ1) is 8.83. The summed E-state index contributed by atoms with van der Waals surface area (Å²) in [6, 6.07) is 0. The number of anilines is 1. The lowest BCUT2D eigenvalue weighted by Crippen LogP contribution is -2.18. The van der Waals surface area contributed by atoms with Gasteiger partial charge in [-0.3, -0.25) is 5.73 Å². The molecule has 1 aliphatic carbocycles. The second-order valence-corrected chi connectivity index (χ2v) is 4.45. The molecule has 0 bridgehead atoms. The van der Waals surface area contributed by atoms with Gasteiger partial charge in [0.2, 0.25) is 0 Å². The van der Waals surface area contributed by atoms with E-state index in [1.54, 1.807) is 6.33 Å². The normalized spacial score (nSPS) is 15.7. The number of nitrogens with two attached hydrogens (primary N) is 1. The lowest BCUT2D eigenvalue weighted by Gasteiger charge is -2.12. The molecule has 6 heteroatoms. The number of rotatable bonds is 3. The number of hydrogen-bond donors (Lipinski definition) is 2. The van der Waals surface area contributed by atoms with Crippen LogP contribution in [0.25, 0.3) is 11.2 Å². The molecule has 2 aromatic heterocycles. The largest absolute Gasteiger partial charge is 0.462 e. The van der Waals surface area contributed by atoms with Crippen molar-refractivity contribution in [1.82, 2.24) is 15.0 Å². The van der Waals surface area contributed by atoms with Crippen LogP contribution in [-0.2, 0) is 0 Å². The zero-order chi connectivity index (χ0) is 12.4. The van der Waals surface area contributed by atoms with Crippen LogP contribution >= 0.6 is 0 Å². The van der Waals surface area contributed by atoms with Crippen molar-refractivity contribution in [2.75, 3.05) is 12.3 Å². The highest BCUT2D eigenvalue weighted by Gasteiger charge is 2.15. The molecule has 0 saturated carbocycles. The van der Waals surface area contributed by atoms with E-state index in [1.807, 2.05) is 0 Å². The first kappa shape index (κ1) is 11.0. The lowest BCUT2D eigenvalue weighted by molar-refractivity contribution is -0.378. The highest BCUT2D eigenvalue weighted by molar-refractivity contribution is 5.74. The molecular formula is C12H16N5O+. The molecule has 0 amide bonds. The minimum absolute atomic E-state index is 0.308. The van der Waals surface area contributed by atoms with Crippen LogP contribution < -0.4 is 15.5 Å². The second kappa shape index (κ2) is 4.64. The van der Waals surface area contributed by atoms with Crippen molar-refractivity contribution >= 4 is 17.1 Å². The highest BCUT2D eigenvalue weighted by atomic mass is 16.5. The van der Waals surface area contributed by atoms with Gasteiger partial charge in [0.15, 0.2) is 5.52 Å². The second-order valence-electron chi connectivity index (χ2n) is 4.45. The fraction of sp³-hybridized carbons (Fsp3) is 0.417. The Labute approximate surface area is 104 Å². The van der Waals surface area contributed by atoms with Crippen LogP contribution in [0.1, 0.15) is 25.7 Å². The Morgan fingerprint density at radius 2 is 2.39 bits per heavy atom. The quantitative estimate of drug-likeness (QED) is 0.797. The molecule has 0 fully saturated rings. The molecule has 94 valence electrons. The van der Waals surface area contributed by atoms with Gasteiger partial charge in [-0.2, -0.15) is 0 Å². The van der Waals surface area contributed by atoms with Crippen molar-refractivity contribution in [3.63, 3.8) is 0 Å². The van der Waals surface area contributed by atoms with E-state index >= 15 is 0 Å². The third-order valence-corrected chi connectivity index (χ3v) is 3.10. The number of ether oxygens (including phenoxy) is 1. The Morgan fingerprint density at radius 3 is 3.22 bits per heavy atom. The number of hydrogen-bond acceptors (Lipinski definition) is 4. The average molecular weight is 246 g/mol. The summed E-state index contributed by atoms with van der Waals surface area (Å²) in [4.78, 5) is 14.1. The molecule has 18 heavy (non-hydrogen) atoms. The molecule has 0 unspecified atom stereocenters. The number of allylic oxidation sites excluding steroid dienone is 1. The smallest absolute Gasteiger partial charge is 0.392 e. The minimum Gasteiger partial charge on any atom is -0.462 e. The number of aromatic nitrogens is 4. The Bertz CT molecular complexity index is 589. The van der Waals surface area contributed by atoms with Crippen LogP contribution in [0.4, 0.5) is 5.95 Å². The van der Waals surface area contributed by atoms with Gasteiger partial charge in [-0.05, 0) is 36.2 Å². The molecule has 6 nitrogen and oxygen atoms in total. The number of nitrogens with zero attached hydrogens (tertiary/aromatic N) is 2. The summed E-state index contributed by atoms with van der Waals surface area (Å²) < 4.78 is 5.78. The molecule has 0 spiro atoms. The van der Waals surface area contributed by atoms with Gasteiger partial charge in [-0.25, -0.2) is 9.97 Å². The zero-order valence-corrected chi connectivity index (χ0v) is 10.1. The van der Waals surface area contributed by atoms with E-state index in [9.17, 15) is 0 Å². The number of aromatic amines is 2. The Balaban J connectivity index is 1.81. The molecule has 0 aliphatic heterocycles.